The van der Waals surface area contributed by atoms with Gasteiger partial charge >= 0.3 is 0 Å². The second-order valence-electron chi connectivity index (χ2n) is 6.73. The number of aliphatic hydroxyl groups excluding tert-OH is 1. The van der Waals surface area contributed by atoms with E-state index in [1.807, 2.05) is 13.8 Å². The van der Waals surface area contributed by atoms with E-state index in [2.05, 4.69) is 23.8 Å². The molecule has 1 aliphatic carbocycles. The van der Waals surface area contributed by atoms with Gasteiger partial charge in [-0.05, 0) is 30.1 Å². The molecule has 1 saturated carbocycles. The molecule has 0 aromatic heterocycles. The quantitative estimate of drug-likeness (QED) is 0.619. The van der Waals surface area contributed by atoms with Gasteiger partial charge in [0.05, 0.1) is 12.6 Å². The summed E-state index contributed by atoms with van der Waals surface area (Å²) in [6, 6.07) is -0.138. The van der Waals surface area contributed by atoms with E-state index in [1.54, 1.807) is 12.2 Å². The lowest BCUT2D eigenvalue weighted by Crippen LogP contribution is -2.59. The van der Waals surface area contributed by atoms with E-state index in [-0.39, 0.29) is 23.5 Å². The van der Waals surface area contributed by atoms with Gasteiger partial charge in [0, 0.05) is 12.0 Å². The number of rotatable bonds is 5. The molecule has 3 unspecified atom stereocenters. The van der Waals surface area contributed by atoms with Crippen molar-refractivity contribution >= 4 is 12.2 Å². The van der Waals surface area contributed by atoms with Crippen molar-refractivity contribution in [2.75, 3.05) is 13.2 Å². The minimum absolute atomic E-state index is 0.0267. The van der Waals surface area contributed by atoms with Gasteiger partial charge in [0.25, 0.3) is 0 Å². The predicted octanol–water partition coefficient (Wildman–Crippen LogP) is 2.24. The standard InChI is InChI=1S/C15H24N2O3/c1-5-15(9-18)13(2,3)6-12(17-11-20)7-14(15,4)8-16-10-19/h12,18H,5-9H2,1-4H3. The van der Waals surface area contributed by atoms with E-state index in [1.165, 1.54) is 0 Å². The molecule has 5 heteroatoms. The van der Waals surface area contributed by atoms with E-state index < -0.39 is 5.41 Å². The summed E-state index contributed by atoms with van der Waals surface area (Å²) in [6.07, 6.45) is 5.34. The first-order valence-corrected chi connectivity index (χ1v) is 7.04. The predicted molar refractivity (Wildman–Crippen MR) is 75.8 cm³/mol. The highest BCUT2D eigenvalue weighted by Crippen LogP contribution is 2.62. The maximum Gasteiger partial charge on any atom is 0.235 e. The van der Waals surface area contributed by atoms with Crippen molar-refractivity contribution in [1.82, 2.24) is 0 Å². The molecule has 0 saturated heterocycles. The van der Waals surface area contributed by atoms with Crippen molar-refractivity contribution in [3.63, 3.8) is 0 Å². The Labute approximate surface area is 120 Å². The first kappa shape index (κ1) is 16.8. The molecule has 1 N–H and O–H groups in total. The molecule has 1 rings (SSSR count). The lowest BCUT2D eigenvalue weighted by molar-refractivity contribution is -0.138. The Balaban J connectivity index is 3.35. The molecular weight excluding hydrogens is 256 g/mol. The lowest BCUT2D eigenvalue weighted by Gasteiger charge is -2.60. The summed E-state index contributed by atoms with van der Waals surface area (Å²) in [5.74, 6) is 0. The van der Waals surface area contributed by atoms with Crippen LogP contribution in [0.1, 0.15) is 47.0 Å². The molecular formula is C15H24N2O3. The van der Waals surface area contributed by atoms with Crippen molar-refractivity contribution < 1.29 is 14.7 Å². The van der Waals surface area contributed by atoms with Gasteiger partial charge in [0.2, 0.25) is 12.2 Å². The van der Waals surface area contributed by atoms with Crippen LogP contribution in [0.2, 0.25) is 0 Å². The van der Waals surface area contributed by atoms with Gasteiger partial charge < -0.3 is 5.11 Å². The summed E-state index contributed by atoms with van der Waals surface area (Å²) in [7, 11) is 0. The fourth-order valence-corrected chi connectivity index (χ4v) is 4.40. The minimum Gasteiger partial charge on any atom is -0.396 e. The average Bonchev–Trinajstić information content (AvgIpc) is 2.36. The maximum absolute atomic E-state index is 10.6. The van der Waals surface area contributed by atoms with E-state index >= 15 is 0 Å². The highest BCUT2D eigenvalue weighted by atomic mass is 16.3. The number of carbonyl (C=O) groups excluding carboxylic acids is 2. The summed E-state index contributed by atoms with van der Waals surface area (Å²) in [5.41, 5.74) is -0.983. The third-order valence-electron chi connectivity index (χ3n) is 5.48. The summed E-state index contributed by atoms with van der Waals surface area (Å²) < 4.78 is 0. The number of hydrogen-bond acceptors (Lipinski definition) is 5. The molecule has 1 aliphatic rings. The van der Waals surface area contributed by atoms with Gasteiger partial charge in [0.1, 0.15) is 0 Å². The SMILES string of the molecule is CCC1(CO)C(C)(C)CC(N=C=O)CC1(C)CN=C=O. The fourth-order valence-electron chi connectivity index (χ4n) is 4.40. The van der Waals surface area contributed by atoms with Crippen molar-refractivity contribution in [2.45, 2.75) is 53.0 Å². The second kappa shape index (κ2) is 6.01. The Morgan fingerprint density at radius 2 is 1.85 bits per heavy atom. The molecule has 0 radical (unpaired) electrons. The van der Waals surface area contributed by atoms with Crippen LogP contribution in [0.25, 0.3) is 0 Å². The number of aliphatic imine (C=N–C) groups is 2. The zero-order chi connectivity index (χ0) is 15.4. The van der Waals surface area contributed by atoms with E-state index in [0.717, 1.165) is 12.8 Å². The van der Waals surface area contributed by atoms with Crippen LogP contribution in [0.4, 0.5) is 0 Å². The molecule has 0 aromatic carbocycles. The monoisotopic (exact) mass is 280 g/mol. The van der Waals surface area contributed by atoms with Crippen LogP contribution in [0, 0.1) is 16.2 Å². The summed E-state index contributed by atoms with van der Waals surface area (Å²) >= 11 is 0. The largest absolute Gasteiger partial charge is 0.396 e. The molecule has 0 heterocycles. The lowest BCUT2D eigenvalue weighted by atomic mass is 9.45. The molecule has 112 valence electrons. The van der Waals surface area contributed by atoms with Crippen LogP contribution in [0.15, 0.2) is 9.98 Å². The Hall–Kier alpha value is -1.28. The number of aliphatic hydroxyl groups is 1. The third-order valence-corrected chi connectivity index (χ3v) is 5.48. The Morgan fingerprint density at radius 1 is 1.20 bits per heavy atom. The second-order valence-corrected chi connectivity index (χ2v) is 6.73. The van der Waals surface area contributed by atoms with Gasteiger partial charge in [-0.15, -0.1) is 0 Å². The first-order chi connectivity index (χ1) is 9.32. The zero-order valence-electron chi connectivity index (χ0n) is 12.8. The molecule has 0 amide bonds. The van der Waals surface area contributed by atoms with E-state index in [9.17, 15) is 14.7 Å². The van der Waals surface area contributed by atoms with Gasteiger partial charge in [0.15, 0.2) is 0 Å². The van der Waals surface area contributed by atoms with Gasteiger partial charge in [-0.25, -0.2) is 19.6 Å². The van der Waals surface area contributed by atoms with Crippen LogP contribution in [0.3, 0.4) is 0 Å². The molecule has 1 fully saturated rings. The smallest absolute Gasteiger partial charge is 0.235 e. The molecule has 0 aliphatic heterocycles. The number of nitrogens with zero attached hydrogens (tertiary/aromatic N) is 2. The number of hydrogen-bond donors (Lipinski definition) is 1. The molecule has 0 bridgehead atoms. The summed E-state index contributed by atoms with van der Waals surface area (Å²) in [6.45, 7) is 8.55. The van der Waals surface area contributed by atoms with E-state index in [4.69, 9.17) is 0 Å². The molecule has 5 nitrogen and oxygen atoms in total. The average molecular weight is 280 g/mol. The van der Waals surface area contributed by atoms with Crippen LogP contribution in [-0.2, 0) is 9.59 Å². The Bertz CT molecular complexity index is 444. The molecule has 3 atom stereocenters. The topological polar surface area (TPSA) is 79.1 Å². The fraction of sp³-hybridized carbons (Fsp3) is 0.867. The van der Waals surface area contributed by atoms with Gasteiger partial charge in [-0.3, -0.25) is 0 Å². The third kappa shape index (κ3) is 2.49. The van der Waals surface area contributed by atoms with Crippen molar-refractivity contribution in [3.8, 4) is 0 Å². The normalized spacial score (nSPS) is 35.8. The maximum atomic E-state index is 10.6. The van der Waals surface area contributed by atoms with Gasteiger partial charge in [-0.1, -0.05) is 27.7 Å². The Morgan fingerprint density at radius 3 is 2.30 bits per heavy atom. The highest BCUT2D eigenvalue weighted by molar-refractivity contribution is 5.34. The highest BCUT2D eigenvalue weighted by Gasteiger charge is 2.59. The van der Waals surface area contributed by atoms with Crippen molar-refractivity contribution in [2.24, 2.45) is 26.2 Å². The molecule has 0 aromatic rings. The van der Waals surface area contributed by atoms with Crippen molar-refractivity contribution in [3.05, 3.63) is 0 Å². The zero-order valence-corrected chi connectivity index (χ0v) is 12.8. The number of isocyanates is 2. The van der Waals surface area contributed by atoms with Crippen LogP contribution in [-0.4, -0.2) is 36.5 Å². The Kier molecular flexibility index (Phi) is 5.04. The molecule has 0 spiro atoms. The first-order valence-electron chi connectivity index (χ1n) is 7.04. The van der Waals surface area contributed by atoms with Crippen molar-refractivity contribution in [1.29, 1.82) is 0 Å². The van der Waals surface area contributed by atoms with Crippen LogP contribution < -0.4 is 0 Å². The molecule has 20 heavy (non-hydrogen) atoms. The minimum atomic E-state index is -0.402. The van der Waals surface area contributed by atoms with Gasteiger partial charge in [-0.2, -0.15) is 0 Å². The van der Waals surface area contributed by atoms with Crippen LogP contribution >= 0.6 is 0 Å². The van der Waals surface area contributed by atoms with Crippen LogP contribution in [0.5, 0.6) is 0 Å². The summed E-state index contributed by atoms with van der Waals surface area (Å²) in [4.78, 5) is 28.7. The summed E-state index contributed by atoms with van der Waals surface area (Å²) in [5, 5.41) is 10.1. The van der Waals surface area contributed by atoms with E-state index in [0.29, 0.717) is 13.0 Å².